The molecular weight excluding hydrogens is 372 g/mol. The van der Waals surface area contributed by atoms with Gasteiger partial charge in [0.15, 0.2) is 0 Å². The second kappa shape index (κ2) is 5.36. The van der Waals surface area contributed by atoms with Gasteiger partial charge in [0.25, 0.3) is 0 Å². The van der Waals surface area contributed by atoms with Gasteiger partial charge in [-0.05, 0) is 47.1 Å². The number of nitrogens with one attached hydrogen (secondary N) is 2. The molecule has 0 aliphatic carbocycles. The van der Waals surface area contributed by atoms with E-state index >= 15 is 0 Å². The van der Waals surface area contributed by atoms with Crippen LogP contribution in [0.5, 0.6) is 0 Å². The summed E-state index contributed by atoms with van der Waals surface area (Å²) in [5.74, 6) is 0. The van der Waals surface area contributed by atoms with Crippen molar-refractivity contribution < 1.29 is 8.42 Å². The third-order valence-electron chi connectivity index (χ3n) is 2.56. The first-order valence-corrected chi connectivity index (χ1v) is 8.24. The van der Waals surface area contributed by atoms with Crippen LogP contribution in [0.15, 0.2) is 32.0 Å². The highest BCUT2D eigenvalue weighted by Crippen LogP contribution is 2.25. The predicted octanol–water partition coefficient (Wildman–Crippen LogP) is 1.85. The lowest BCUT2D eigenvalue weighted by atomic mass is 10.3. The van der Waals surface area contributed by atoms with E-state index < -0.39 is 10.0 Å². The van der Waals surface area contributed by atoms with Gasteiger partial charge < -0.3 is 5.32 Å². The van der Waals surface area contributed by atoms with Crippen molar-refractivity contribution in [2.45, 2.75) is 17.4 Å². The first-order chi connectivity index (χ1) is 7.99. The molecule has 1 atom stereocenters. The highest BCUT2D eigenvalue weighted by Gasteiger charge is 2.24. The summed E-state index contributed by atoms with van der Waals surface area (Å²) in [6.07, 6.45) is 0.824. The smallest absolute Gasteiger partial charge is 0.242 e. The van der Waals surface area contributed by atoms with Gasteiger partial charge in [-0.2, -0.15) is 0 Å². The molecule has 1 saturated heterocycles. The van der Waals surface area contributed by atoms with Crippen LogP contribution in [0.3, 0.4) is 0 Å². The maximum Gasteiger partial charge on any atom is 0.242 e. The van der Waals surface area contributed by atoms with Gasteiger partial charge in [0.2, 0.25) is 10.0 Å². The summed E-state index contributed by atoms with van der Waals surface area (Å²) in [6, 6.07) is 5.08. The van der Waals surface area contributed by atoms with Crippen molar-refractivity contribution in [1.29, 1.82) is 0 Å². The quantitative estimate of drug-likeness (QED) is 0.837. The number of hydrogen-bond donors (Lipinski definition) is 2. The van der Waals surface area contributed by atoms with Crippen LogP contribution in [0.4, 0.5) is 0 Å². The highest BCUT2D eigenvalue weighted by atomic mass is 79.9. The Morgan fingerprint density at radius 3 is 2.76 bits per heavy atom. The summed E-state index contributed by atoms with van der Waals surface area (Å²) < 4.78 is 28.4. The van der Waals surface area contributed by atoms with E-state index in [2.05, 4.69) is 41.9 Å². The van der Waals surface area contributed by atoms with Crippen molar-refractivity contribution in [3.05, 3.63) is 27.1 Å². The lowest BCUT2D eigenvalue weighted by molar-refractivity contribution is 0.559. The summed E-state index contributed by atoms with van der Waals surface area (Å²) in [5.41, 5.74) is 0. The van der Waals surface area contributed by atoms with Crippen molar-refractivity contribution in [3.63, 3.8) is 0 Å². The van der Waals surface area contributed by atoms with Gasteiger partial charge >= 0.3 is 0 Å². The minimum absolute atomic E-state index is 0.0223. The SMILES string of the molecule is O=S(=O)(N[C@@H]1CCNC1)c1cc(Br)ccc1Br. The van der Waals surface area contributed by atoms with Crippen molar-refractivity contribution in [1.82, 2.24) is 10.0 Å². The molecule has 0 saturated carbocycles. The summed E-state index contributed by atoms with van der Waals surface area (Å²) in [4.78, 5) is 0.263. The number of sulfonamides is 1. The third-order valence-corrected chi connectivity index (χ3v) is 5.57. The molecule has 7 heteroatoms. The zero-order valence-corrected chi connectivity index (χ0v) is 12.9. The Labute approximate surface area is 117 Å². The van der Waals surface area contributed by atoms with E-state index in [0.29, 0.717) is 11.0 Å². The second-order valence-electron chi connectivity index (χ2n) is 3.89. The third kappa shape index (κ3) is 3.29. The van der Waals surface area contributed by atoms with Crippen LogP contribution >= 0.6 is 31.9 Å². The highest BCUT2D eigenvalue weighted by molar-refractivity contribution is 9.11. The molecule has 2 rings (SSSR count). The molecule has 0 aromatic heterocycles. The van der Waals surface area contributed by atoms with Gasteiger partial charge in [0.1, 0.15) is 0 Å². The fourth-order valence-electron chi connectivity index (χ4n) is 1.72. The van der Waals surface area contributed by atoms with Gasteiger partial charge in [-0.25, -0.2) is 13.1 Å². The molecule has 1 aliphatic rings. The zero-order valence-electron chi connectivity index (χ0n) is 8.91. The molecular formula is C10H12Br2N2O2S. The molecule has 0 bridgehead atoms. The summed E-state index contributed by atoms with van der Waals surface area (Å²) >= 11 is 6.54. The molecule has 2 N–H and O–H groups in total. The van der Waals surface area contributed by atoms with Crippen LogP contribution in [0, 0.1) is 0 Å². The van der Waals surface area contributed by atoms with Gasteiger partial charge in [0.05, 0.1) is 4.90 Å². The van der Waals surface area contributed by atoms with Crippen molar-refractivity contribution in [2.24, 2.45) is 0 Å². The Balaban J connectivity index is 2.27. The van der Waals surface area contributed by atoms with Crippen LogP contribution in [0.1, 0.15) is 6.42 Å². The van der Waals surface area contributed by atoms with E-state index in [-0.39, 0.29) is 10.9 Å². The van der Waals surface area contributed by atoms with E-state index in [4.69, 9.17) is 0 Å². The molecule has 1 aromatic carbocycles. The Bertz CT molecular complexity index is 513. The maximum atomic E-state index is 12.2. The van der Waals surface area contributed by atoms with Gasteiger partial charge in [0, 0.05) is 21.5 Å². The normalized spacial score (nSPS) is 20.7. The van der Waals surface area contributed by atoms with Crippen LogP contribution < -0.4 is 10.0 Å². The predicted molar refractivity (Wildman–Crippen MR) is 73.4 cm³/mol. The lowest BCUT2D eigenvalue weighted by Gasteiger charge is -2.13. The van der Waals surface area contributed by atoms with E-state index in [1.165, 1.54) is 0 Å². The molecule has 0 unspecified atom stereocenters. The van der Waals surface area contributed by atoms with E-state index in [1.54, 1.807) is 18.2 Å². The topological polar surface area (TPSA) is 58.2 Å². The van der Waals surface area contributed by atoms with Crippen molar-refractivity contribution in [2.75, 3.05) is 13.1 Å². The van der Waals surface area contributed by atoms with E-state index in [9.17, 15) is 8.42 Å². The Morgan fingerprint density at radius 2 is 2.12 bits per heavy atom. The first-order valence-electron chi connectivity index (χ1n) is 5.17. The van der Waals surface area contributed by atoms with E-state index in [0.717, 1.165) is 17.4 Å². The van der Waals surface area contributed by atoms with Crippen LogP contribution in [-0.2, 0) is 10.0 Å². The first kappa shape index (κ1) is 13.5. The average Bonchev–Trinajstić information content (AvgIpc) is 2.73. The summed E-state index contributed by atoms with van der Waals surface area (Å²) in [5, 5.41) is 3.12. The summed E-state index contributed by atoms with van der Waals surface area (Å²) in [6.45, 7) is 1.54. The van der Waals surface area contributed by atoms with Crippen molar-refractivity contribution >= 4 is 41.9 Å². The number of rotatable bonds is 3. The molecule has 17 heavy (non-hydrogen) atoms. The van der Waals surface area contributed by atoms with Gasteiger partial charge in [-0.1, -0.05) is 15.9 Å². The van der Waals surface area contributed by atoms with Gasteiger partial charge in [-0.15, -0.1) is 0 Å². The monoisotopic (exact) mass is 382 g/mol. The van der Waals surface area contributed by atoms with Gasteiger partial charge in [-0.3, -0.25) is 0 Å². The molecule has 1 aliphatic heterocycles. The van der Waals surface area contributed by atoms with Crippen LogP contribution in [-0.4, -0.2) is 27.5 Å². The molecule has 94 valence electrons. The Kier molecular flexibility index (Phi) is 4.25. The largest absolute Gasteiger partial charge is 0.315 e. The molecule has 1 aromatic rings. The van der Waals surface area contributed by atoms with Crippen molar-refractivity contribution in [3.8, 4) is 0 Å². The fourth-order valence-corrected chi connectivity index (χ4v) is 4.49. The minimum Gasteiger partial charge on any atom is -0.315 e. The van der Waals surface area contributed by atoms with Crippen LogP contribution in [0.2, 0.25) is 0 Å². The molecule has 0 amide bonds. The molecule has 0 radical (unpaired) electrons. The van der Waals surface area contributed by atoms with Crippen LogP contribution in [0.25, 0.3) is 0 Å². The molecule has 1 heterocycles. The number of hydrogen-bond acceptors (Lipinski definition) is 3. The summed E-state index contributed by atoms with van der Waals surface area (Å²) in [7, 11) is -3.46. The Morgan fingerprint density at radius 1 is 1.35 bits per heavy atom. The molecule has 0 spiro atoms. The average molecular weight is 384 g/mol. The minimum atomic E-state index is -3.46. The lowest BCUT2D eigenvalue weighted by Crippen LogP contribution is -2.36. The molecule has 4 nitrogen and oxygen atoms in total. The molecule has 1 fully saturated rings. The maximum absolute atomic E-state index is 12.2. The standard InChI is InChI=1S/C10H12Br2N2O2S/c11-7-1-2-9(12)10(5-7)17(15,16)14-8-3-4-13-6-8/h1-2,5,8,13-14H,3-4,6H2/t8-/m1/s1. The Hall–Kier alpha value is 0.0500. The second-order valence-corrected chi connectivity index (χ2v) is 7.34. The number of benzene rings is 1. The fraction of sp³-hybridized carbons (Fsp3) is 0.400. The number of halogens is 2. The van der Waals surface area contributed by atoms with E-state index in [1.807, 2.05) is 0 Å². The zero-order chi connectivity index (χ0) is 12.5.